The summed E-state index contributed by atoms with van der Waals surface area (Å²) in [6, 6.07) is 8.13. The van der Waals surface area contributed by atoms with Crippen LogP contribution in [-0.4, -0.2) is 14.9 Å². The van der Waals surface area contributed by atoms with Crippen molar-refractivity contribution in [3.05, 3.63) is 73.1 Å². The van der Waals surface area contributed by atoms with Gasteiger partial charge in [0.2, 0.25) is 0 Å². The van der Waals surface area contributed by atoms with Crippen LogP contribution in [0.15, 0.2) is 45.1 Å². The number of hydrogen-bond acceptors (Lipinski definition) is 4. The summed E-state index contributed by atoms with van der Waals surface area (Å²) < 4.78 is 2.59. The second-order valence-corrected chi connectivity index (χ2v) is 8.02. The summed E-state index contributed by atoms with van der Waals surface area (Å²) in [6.45, 7) is 4.26. The number of fused-ring (bicyclic) bond motifs is 1. The first-order valence-electron chi connectivity index (χ1n) is 9.74. The van der Waals surface area contributed by atoms with E-state index in [2.05, 4.69) is 31.3 Å². The summed E-state index contributed by atoms with van der Waals surface area (Å²) in [6.07, 6.45) is 2.00. The van der Waals surface area contributed by atoms with Crippen LogP contribution in [0.2, 0.25) is 0 Å². The van der Waals surface area contributed by atoms with Crippen LogP contribution >= 0.6 is 0 Å². The van der Waals surface area contributed by atoms with Crippen molar-refractivity contribution in [1.82, 2.24) is 9.13 Å². The Hall–Kier alpha value is -2.89. The number of benzene rings is 1. The van der Waals surface area contributed by atoms with Crippen LogP contribution in [0.1, 0.15) is 61.6 Å². The Morgan fingerprint density at radius 1 is 1.00 bits per heavy atom. The Balaban J connectivity index is 2.02. The van der Waals surface area contributed by atoms with Crippen molar-refractivity contribution in [1.29, 1.82) is 0 Å². The number of allylic oxidation sites excluding steroid dienone is 2. The normalized spacial score (nSPS) is 18.8. The zero-order valence-electron chi connectivity index (χ0n) is 16.7. The number of ketones is 1. The Morgan fingerprint density at radius 3 is 2.32 bits per heavy atom. The summed E-state index contributed by atoms with van der Waals surface area (Å²) in [5.41, 5.74) is 3.36. The van der Waals surface area contributed by atoms with Crippen molar-refractivity contribution >= 4 is 11.6 Å². The third-order valence-corrected chi connectivity index (χ3v) is 5.94. The van der Waals surface area contributed by atoms with Gasteiger partial charge in [-0.2, -0.15) is 0 Å². The maximum Gasteiger partial charge on any atom is 0.332 e. The number of carbonyl (C=O) groups excluding carboxylic acids is 1. The second-order valence-electron chi connectivity index (χ2n) is 8.02. The van der Waals surface area contributed by atoms with Crippen molar-refractivity contribution in [3.63, 3.8) is 0 Å². The number of carbonyl (C=O) groups is 1. The Kier molecular flexibility index (Phi) is 4.37. The predicted molar refractivity (Wildman–Crippen MR) is 109 cm³/mol. The molecule has 0 bridgehead atoms. The van der Waals surface area contributed by atoms with Crippen molar-refractivity contribution in [2.75, 3.05) is 5.32 Å². The summed E-state index contributed by atoms with van der Waals surface area (Å²) in [5.74, 6) is 0.521. The highest BCUT2D eigenvalue weighted by molar-refractivity contribution is 6.00. The van der Waals surface area contributed by atoms with Gasteiger partial charge in [-0.1, -0.05) is 38.1 Å². The van der Waals surface area contributed by atoms with E-state index in [0.717, 1.165) is 28.7 Å². The topological polar surface area (TPSA) is 73.1 Å². The minimum absolute atomic E-state index is 0.0771. The number of hydrogen-bond donors (Lipinski definition) is 1. The number of aromatic nitrogens is 2. The van der Waals surface area contributed by atoms with Gasteiger partial charge in [0.1, 0.15) is 5.82 Å². The highest BCUT2D eigenvalue weighted by Gasteiger charge is 2.38. The molecule has 0 spiro atoms. The minimum atomic E-state index is -0.453. The van der Waals surface area contributed by atoms with Crippen molar-refractivity contribution in [3.8, 4) is 0 Å². The standard InChI is InChI=1S/C22H25N3O3/c1-12(2)13-8-10-14(11-9-13)17-18-15(6-5-7-16(18)26)23-20-19(17)21(27)25(4)22(28)24(20)3/h8-12,17,23H,5-7H2,1-4H3. The summed E-state index contributed by atoms with van der Waals surface area (Å²) in [5, 5.41) is 3.24. The third-order valence-electron chi connectivity index (χ3n) is 5.94. The predicted octanol–water partition coefficient (Wildman–Crippen LogP) is 2.77. The average Bonchev–Trinajstić information content (AvgIpc) is 2.69. The van der Waals surface area contributed by atoms with Gasteiger partial charge in [-0.25, -0.2) is 4.79 Å². The van der Waals surface area contributed by atoms with E-state index >= 15 is 0 Å². The Bertz CT molecular complexity index is 1120. The highest BCUT2D eigenvalue weighted by Crippen LogP contribution is 2.43. The summed E-state index contributed by atoms with van der Waals surface area (Å²) >= 11 is 0. The summed E-state index contributed by atoms with van der Waals surface area (Å²) in [4.78, 5) is 38.4. The average molecular weight is 379 g/mol. The molecule has 0 saturated heterocycles. The molecular formula is C22H25N3O3. The SMILES string of the molecule is CC(C)c1ccc(C2C3=C(CCCC3=O)Nc3c2c(=O)n(C)c(=O)n3C)cc1. The van der Waals surface area contributed by atoms with Crippen LogP contribution in [-0.2, 0) is 18.9 Å². The first kappa shape index (κ1) is 18.5. The first-order valence-corrected chi connectivity index (χ1v) is 9.74. The van der Waals surface area contributed by atoms with Crippen LogP contribution in [0.4, 0.5) is 5.82 Å². The monoisotopic (exact) mass is 379 g/mol. The molecule has 0 fully saturated rings. The lowest BCUT2D eigenvalue weighted by atomic mass is 9.76. The molecule has 4 rings (SSSR count). The quantitative estimate of drug-likeness (QED) is 0.871. The molecule has 2 aliphatic rings. The van der Waals surface area contributed by atoms with E-state index in [1.165, 1.54) is 17.2 Å². The molecule has 0 saturated carbocycles. The summed E-state index contributed by atoms with van der Waals surface area (Å²) in [7, 11) is 3.14. The molecule has 2 aromatic rings. The maximum atomic E-state index is 13.1. The second kappa shape index (κ2) is 6.62. The number of anilines is 1. The molecule has 0 radical (unpaired) electrons. The molecule has 1 aromatic carbocycles. The van der Waals surface area contributed by atoms with Gasteiger partial charge < -0.3 is 5.32 Å². The Labute approximate surface area is 163 Å². The van der Waals surface area contributed by atoms with E-state index in [1.54, 1.807) is 7.05 Å². The lowest BCUT2D eigenvalue weighted by Crippen LogP contribution is -2.44. The van der Waals surface area contributed by atoms with Gasteiger partial charge in [0, 0.05) is 37.7 Å². The van der Waals surface area contributed by atoms with Gasteiger partial charge in [-0.05, 0) is 29.9 Å². The zero-order valence-corrected chi connectivity index (χ0v) is 16.7. The van der Waals surface area contributed by atoms with E-state index in [9.17, 15) is 14.4 Å². The van der Waals surface area contributed by atoms with Gasteiger partial charge >= 0.3 is 5.69 Å². The van der Waals surface area contributed by atoms with Crippen molar-refractivity contribution in [2.45, 2.75) is 44.9 Å². The largest absolute Gasteiger partial charge is 0.344 e. The maximum absolute atomic E-state index is 13.1. The Morgan fingerprint density at radius 2 is 1.68 bits per heavy atom. The van der Waals surface area contributed by atoms with Gasteiger partial charge in [-0.3, -0.25) is 18.7 Å². The van der Waals surface area contributed by atoms with E-state index in [1.807, 2.05) is 12.1 Å². The van der Waals surface area contributed by atoms with Crippen molar-refractivity contribution < 1.29 is 4.79 Å². The zero-order chi connectivity index (χ0) is 20.2. The fourth-order valence-corrected chi connectivity index (χ4v) is 4.30. The molecule has 146 valence electrons. The molecule has 1 unspecified atom stereocenters. The fraction of sp³-hybridized carbons (Fsp3) is 0.409. The number of nitrogens with one attached hydrogen (secondary N) is 1. The van der Waals surface area contributed by atoms with E-state index in [4.69, 9.17) is 0 Å². The van der Waals surface area contributed by atoms with E-state index in [0.29, 0.717) is 29.3 Å². The lowest BCUT2D eigenvalue weighted by molar-refractivity contribution is -0.116. The van der Waals surface area contributed by atoms with Crippen LogP contribution < -0.4 is 16.6 Å². The molecule has 1 aromatic heterocycles. The number of nitrogens with zero attached hydrogens (tertiary/aromatic N) is 2. The molecule has 0 amide bonds. The lowest BCUT2D eigenvalue weighted by Gasteiger charge is -2.34. The molecule has 1 aliphatic heterocycles. The fourth-order valence-electron chi connectivity index (χ4n) is 4.30. The van der Waals surface area contributed by atoms with E-state index < -0.39 is 5.92 Å². The van der Waals surface area contributed by atoms with Gasteiger partial charge in [0.15, 0.2) is 5.78 Å². The minimum Gasteiger partial charge on any atom is -0.344 e. The van der Waals surface area contributed by atoms with Gasteiger partial charge in [0.05, 0.1) is 5.56 Å². The number of Topliss-reactive ketones (excluding diaryl/α,β-unsaturated/α-hetero) is 1. The highest BCUT2D eigenvalue weighted by atomic mass is 16.2. The molecule has 6 heteroatoms. The van der Waals surface area contributed by atoms with Crippen LogP contribution in [0.5, 0.6) is 0 Å². The molecule has 28 heavy (non-hydrogen) atoms. The van der Waals surface area contributed by atoms with Crippen molar-refractivity contribution in [2.24, 2.45) is 14.1 Å². The molecule has 1 aliphatic carbocycles. The van der Waals surface area contributed by atoms with Gasteiger partial charge in [-0.15, -0.1) is 0 Å². The first-order chi connectivity index (χ1) is 13.3. The van der Waals surface area contributed by atoms with E-state index in [-0.39, 0.29) is 17.0 Å². The molecule has 2 heterocycles. The van der Waals surface area contributed by atoms with Crippen LogP contribution in [0.3, 0.4) is 0 Å². The van der Waals surface area contributed by atoms with Crippen LogP contribution in [0.25, 0.3) is 0 Å². The molecular weight excluding hydrogens is 354 g/mol. The number of rotatable bonds is 2. The van der Waals surface area contributed by atoms with Gasteiger partial charge in [0.25, 0.3) is 5.56 Å². The molecule has 6 nitrogen and oxygen atoms in total. The third kappa shape index (κ3) is 2.66. The molecule has 1 atom stereocenters. The van der Waals surface area contributed by atoms with Crippen LogP contribution in [0, 0.1) is 0 Å². The molecule has 1 N–H and O–H groups in total. The smallest absolute Gasteiger partial charge is 0.332 e.